The lowest BCUT2D eigenvalue weighted by Gasteiger charge is -2.35. The molecule has 1 aliphatic heterocycles. The third-order valence-electron chi connectivity index (χ3n) is 3.82. The van der Waals surface area contributed by atoms with Crippen molar-refractivity contribution in [3.63, 3.8) is 0 Å². The van der Waals surface area contributed by atoms with Crippen molar-refractivity contribution in [2.45, 2.75) is 6.04 Å². The van der Waals surface area contributed by atoms with E-state index in [4.69, 9.17) is 11.6 Å². The van der Waals surface area contributed by atoms with E-state index in [1.807, 2.05) is 12.1 Å². The van der Waals surface area contributed by atoms with Crippen LogP contribution in [0.4, 0.5) is 0 Å². The van der Waals surface area contributed by atoms with Crippen LogP contribution < -0.4 is 5.32 Å². The molecule has 0 aromatic heterocycles. The van der Waals surface area contributed by atoms with E-state index in [0.29, 0.717) is 6.04 Å². The van der Waals surface area contributed by atoms with E-state index in [2.05, 4.69) is 52.7 Å². The standard InChI is InChI=1S/C17H19ClN2/c18-16-8-6-15(7-9-16)17(14-4-2-1-3-5-14)20-12-10-19-11-13-20/h1-9,17,19H,10-13H2/t17-/m0/s1. The third-order valence-corrected chi connectivity index (χ3v) is 4.07. The Kier molecular flexibility index (Phi) is 4.36. The van der Waals surface area contributed by atoms with Gasteiger partial charge in [-0.05, 0) is 23.3 Å². The van der Waals surface area contributed by atoms with E-state index in [1.165, 1.54) is 11.1 Å². The number of piperazine rings is 1. The summed E-state index contributed by atoms with van der Waals surface area (Å²) in [7, 11) is 0. The molecule has 2 aromatic carbocycles. The smallest absolute Gasteiger partial charge is 0.0602 e. The first-order valence-corrected chi connectivity index (χ1v) is 7.47. The molecule has 1 aliphatic rings. The molecular weight excluding hydrogens is 268 g/mol. The average Bonchev–Trinajstić information content (AvgIpc) is 2.52. The van der Waals surface area contributed by atoms with Crippen LogP contribution in [-0.2, 0) is 0 Å². The van der Waals surface area contributed by atoms with Gasteiger partial charge < -0.3 is 5.32 Å². The topological polar surface area (TPSA) is 15.3 Å². The summed E-state index contributed by atoms with van der Waals surface area (Å²) in [4.78, 5) is 2.54. The van der Waals surface area contributed by atoms with Crippen molar-refractivity contribution in [3.8, 4) is 0 Å². The molecule has 1 fully saturated rings. The van der Waals surface area contributed by atoms with Gasteiger partial charge in [-0.25, -0.2) is 0 Å². The van der Waals surface area contributed by atoms with Crippen LogP contribution in [0.15, 0.2) is 54.6 Å². The first-order valence-electron chi connectivity index (χ1n) is 7.10. The maximum absolute atomic E-state index is 6.02. The molecule has 1 heterocycles. The molecule has 1 atom stereocenters. The van der Waals surface area contributed by atoms with E-state index in [9.17, 15) is 0 Å². The van der Waals surface area contributed by atoms with E-state index >= 15 is 0 Å². The van der Waals surface area contributed by atoms with Crippen LogP contribution in [0.25, 0.3) is 0 Å². The Bertz CT molecular complexity index is 533. The van der Waals surface area contributed by atoms with Crippen LogP contribution in [-0.4, -0.2) is 31.1 Å². The largest absolute Gasteiger partial charge is 0.314 e. The van der Waals surface area contributed by atoms with Gasteiger partial charge in [0.05, 0.1) is 6.04 Å². The number of nitrogens with zero attached hydrogens (tertiary/aromatic N) is 1. The molecule has 3 rings (SSSR count). The van der Waals surface area contributed by atoms with Gasteiger partial charge in [0.2, 0.25) is 0 Å². The molecule has 1 saturated heterocycles. The van der Waals surface area contributed by atoms with Gasteiger partial charge in [0.15, 0.2) is 0 Å². The Morgan fingerprint density at radius 1 is 0.850 bits per heavy atom. The summed E-state index contributed by atoms with van der Waals surface area (Å²) in [5.41, 5.74) is 2.65. The quantitative estimate of drug-likeness (QED) is 0.931. The molecule has 1 N–H and O–H groups in total. The zero-order chi connectivity index (χ0) is 13.8. The van der Waals surface area contributed by atoms with Crippen molar-refractivity contribution >= 4 is 11.6 Å². The Morgan fingerprint density at radius 2 is 1.45 bits per heavy atom. The second-order valence-electron chi connectivity index (χ2n) is 5.15. The molecule has 0 unspecified atom stereocenters. The lowest BCUT2D eigenvalue weighted by atomic mass is 9.96. The highest BCUT2D eigenvalue weighted by atomic mass is 35.5. The third kappa shape index (κ3) is 3.04. The molecule has 2 aromatic rings. The number of nitrogens with one attached hydrogen (secondary N) is 1. The first kappa shape index (κ1) is 13.6. The van der Waals surface area contributed by atoms with Crippen molar-refractivity contribution in [1.29, 1.82) is 0 Å². The Hall–Kier alpha value is -1.35. The second kappa shape index (κ2) is 6.40. The summed E-state index contributed by atoms with van der Waals surface area (Å²) >= 11 is 6.02. The van der Waals surface area contributed by atoms with Gasteiger partial charge in [-0.15, -0.1) is 0 Å². The fraction of sp³-hybridized carbons (Fsp3) is 0.294. The molecule has 0 bridgehead atoms. The van der Waals surface area contributed by atoms with Crippen LogP contribution in [0.3, 0.4) is 0 Å². The van der Waals surface area contributed by atoms with Crippen molar-refractivity contribution in [3.05, 3.63) is 70.7 Å². The lowest BCUT2D eigenvalue weighted by molar-refractivity contribution is 0.198. The van der Waals surface area contributed by atoms with E-state index in [-0.39, 0.29) is 0 Å². The van der Waals surface area contributed by atoms with E-state index < -0.39 is 0 Å². The van der Waals surface area contributed by atoms with E-state index in [0.717, 1.165) is 31.2 Å². The fourth-order valence-corrected chi connectivity index (χ4v) is 2.96. The molecule has 0 saturated carbocycles. The van der Waals surface area contributed by atoms with Gasteiger partial charge in [0.25, 0.3) is 0 Å². The molecule has 104 valence electrons. The van der Waals surface area contributed by atoms with Gasteiger partial charge in [0.1, 0.15) is 0 Å². The summed E-state index contributed by atoms with van der Waals surface area (Å²) in [6.45, 7) is 4.25. The average molecular weight is 287 g/mol. The number of halogens is 1. The van der Waals surface area contributed by atoms with Gasteiger partial charge >= 0.3 is 0 Å². The highest BCUT2D eigenvalue weighted by Gasteiger charge is 2.23. The maximum Gasteiger partial charge on any atom is 0.0602 e. The van der Waals surface area contributed by atoms with Gasteiger partial charge in [-0.1, -0.05) is 54.1 Å². The predicted octanol–water partition coefficient (Wildman–Crippen LogP) is 3.33. The maximum atomic E-state index is 6.02. The summed E-state index contributed by atoms with van der Waals surface area (Å²) in [5.74, 6) is 0. The van der Waals surface area contributed by atoms with Crippen LogP contribution in [0, 0.1) is 0 Å². The molecular formula is C17H19ClN2. The minimum atomic E-state index is 0.315. The minimum absolute atomic E-state index is 0.315. The number of rotatable bonds is 3. The highest BCUT2D eigenvalue weighted by Crippen LogP contribution is 2.29. The normalized spacial score (nSPS) is 17.9. The summed E-state index contributed by atoms with van der Waals surface area (Å²) in [5, 5.41) is 4.21. The lowest BCUT2D eigenvalue weighted by Crippen LogP contribution is -2.45. The summed E-state index contributed by atoms with van der Waals surface area (Å²) in [6, 6.07) is 19.3. The Balaban J connectivity index is 1.96. The number of benzene rings is 2. The number of hydrogen-bond acceptors (Lipinski definition) is 2. The molecule has 20 heavy (non-hydrogen) atoms. The molecule has 0 spiro atoms. The van der Waals surface area contributed by atoms with Crippen LogP contribution in [0.5, 0.6) is 0 Å². The zero-order valence-electron chi connectivity index (χ0n) is 11.4. The van der Waals surface area contributed by atoms with Crippen molar-refractivity contribution < 1.29 is 0 Å². The molecule has 0 aliphatic carbocycles. The fourth-order valence-electron chi connectivity index (χ4n) is 2.83. The Morgan fingerprint density at radius 3 is 2.10 bits per heavy atom. The first-order chi connectivity index (χ1) is 9.84. The highest BCUT2D eigenvalue weighted by molar-refractivity contribution is 6.30. The number of hydrogen-bond donors (Lipinski definition) is 1. The Labute approximate surface area is 125 Å². The van der Waals surface area contributed by atoms with Crippen molar-refractivity contribution in [1.82, 2.24) is 10.2 Å². The van der Waals surface area contributed by atoms with Crippen molar-refractivity contribution in [2.75, 3.05) is 26.2 Å². The minimum Gasteiger partial charge on any atom is -0.314 e. The second-order valence-corrected chi connectivity index (χ2v) is 5.59. The summed E-state index contributed by atoms with van der Waals surface area (Å²) in [6.07, 6.45) is 0. The molecule has 0 amide bonds. The van der Waals surface area contributed by atoms with Gasteiger partial charge in [-0.3, -0.25) is 4.90 Å². The van der Waals surface area contributed by atoms with Crippen molar-refractivity contribution in [2.24, 2.45) is 0 Å². The van der Waals surface area contributed by atoms with Gasteiger partial charge in [-0.2, -0.15) is 0 Å². The SMILES string of the molecule is Clc1ccc([C@H](c2ccccc2)N2CCNCC2)cc1. The molecule has 0 radical (unpaired) electrons. The van der Waals surface area contributed by atoms with Gasteiger partial charge in [0, 0.05) is 31.2 Å². The van der Waals surface area contributed by atoms with Crippen LogP contribution in [0.2, 0.25) is 5.02 Å². The molecule has 2 nitrogen and oxygen atoms in total. The summed E-state index contributed by atoms with van der Waals surface area (Å²) < 4.78 is 0. The van der Waals surface area contributed by atoms with Crippen LogP contribution in [0.1, 0.15) is 17.2 Å². The van der Waals surface area contributed by atoms with Crippen LogP contribution >= 0.6 is 11.6 Å². The van der Waals surface area contributed by atoms with E-state index in [1.54, 1.807) is 0 Å². The predicted molar refractivity (Wildman–Crippen MR) is 84.2 cm³/mol. The monoisotopic (exact) mass is 286 g/mol. The molecule has 3 heteroatoms. The zero-order valence-corrected chi connectivity index (χ0v) is 12.2.